The van der Waals surface area contributed by atoms with Gasteiger partial charge in [0.25, 0.3) is 17.4 Å². The lowest BCUT2D eigenvalue weighted by Gasteiger charge is -2.25. The summed E-state index contributed by atoms with van der Waals surface area (Å²) in [6.45, 7) is 0.134. The van der Waals surface area contributed by atoms with Crippen LogP contribution in [0.3, 0.4) is 0 Å². The number of ketones is 1. The van der Waals surface area contributed by atoms with Crippen molar-refractivity contribution in [3.63, 3.8) is 0 Å². The zero-order chi connectivity index (χ0) is 22.0. The molecule has 3 aromatic rings. The maximum absolute atomic E-state index is 12.9. The lowest BCUT2D eigenvalue weighted by Crippen LogP contribution is -2.29. The Kier molecular flexibility index (Phi) is 5.28. The van der Waals surface area contributed by atoms with Crippen LogP contribution in [0, 0.1) is 10.1 Å². The summed E-state index contributed by atoms with van der Waals surface area (Å²) in [5.41, 5.74) is 1.41. The SMILES string of the molecule is O=C1C(=O)N(Cc2cccnc2)C(c2ccccc2)/C1=C(/O)c1ccc([N+](=O)[O-])cc1. The highest BCUT2D eigenvalue weighted by molar-refractivity contribution is 6.46. The molecule has 1 atom stereocenters. The van der Waals surface area contributed by atoms with Crippen LogP contribution < -0.4 is 0 Å². The van der Waals surface area contributed by atoms with Gasteiger partial charge in [-0.2, -0.15) is 0 Å². The van der Waals surface area contributed by atoms with Crippen LogP contribution in [0.2, 0.25) is 0 Å². The molecule has 8 nitrogen and oxygen atoms in total. The maximum atomic E-state index is 12.9. The summed E-state index contributed by atoms with van der Waals surface area (Å²) in [6, 6.07) is 16.8. The van der Waals surface area contributed by atoms with E-state index in [1.807, 2.05) is 6.07 Å². The molecule has 0 radical (unpaired) electrons. The van der Waals surface area contributed by atoms with Crippen molar-refractivity contribution in [2.24, 2.45) is 0 Å². The summed E-state index contributed by atoms with van der Waals surface area (Å²) in [4.78, 5) is 41.7. The number of carbonyl (C=O) groups is 2. The van der Waals surface area contributed by atoms with Crippen LogP contribution in [0.5, 0.6) is 0 Å². The number of nitro benzene ring substituents is 1. The first-order chi connectivity index (χ1) is 15.0. The van der Waals surface area contributed by atoms with Crippen LogP contribution in [-0.4, -0.2) is 31.6 Å². The van der Waals surface area contributed by atoms with Crippen molar-refractivity contribution < 1.29 is 19.6 Å². The molecule has 0 bridgehead atoms. The quantitative estimate of drug-likeness (QED) is 0.224. The molecule has 31 heavy (non-hydrogen) atoms. The second-order valence-corrected chi connectivity index (χ2v) is 7.00. The van der Waals surface area contributed by atoms with E-state index in [4.69, 9.17) is 0 Å². The van der Waals surface area contributed by atoms with Crippen LogP contribution in [0.25, 0.3) is 5.76 Å². The first kappa shape index (κ1) is 20.0. The molecule has 1 aromatic heterocycles. The number of rotatable bonds is 5. The summed E-state index contributed by atoms with van der Waals surface area (Å²) in [5, 5.41) is 21.9. The van der Waals surface area contributed by atoms with Gasteiger partial charge < -0.3 is 10.0 Å². The van der Waals surface area contributed by atoms with Crippen molar-refractivity contribution in [2.45, 2.75) is 12.6 Å². The standard InChI is InChI=1S/C23H17N3O5/c27-21(17-8-10-18(11-9-17)26(30)31)19-20(16-6-2-1-3-7-16)25(23(29)22(19)28)14-15-5-4-12-24-13-15/h1-13,20,27H,14H2/b21-19-. The van der Waals surface area contributed by atoms with Crippen LogP contribution in [0.1, 0.15) is 22.7 Å². The van der Waals surface area contributed by atoms with Gasteiger partial charge in [-0.05, 0) is 29.3 Å². The summed E-state index contributed by atoms with van der Waals surface area (Å²) in [5.74, 6) is -1.93. The van der Waals surface area contributed by atoms with Gasteiger partial charge in [0.1, 0.15) is 5.76 Å². The van der Waals surface area contributed by atoms with E-state index in [2.05, 4.69) is 4.98 Å². The number of aromatic nitrogens is 1. The predicted molar refractivity (Wildman–Crippen MR) is 112 cm³/mol. The Hall–Kier alpha value is -4.33. The topological polar surface area (TPSA) is 114 Å². The molecule has 1 unspecified atom stereocenters. The number of benzene rings is 2. The van der Waals surface area contributed by atoms with E-state index in [1.54, 1.807) is 48.8 Å². The average molecular weight is 415 g/mol. The number of Topliss-reactive ketones (excluding diaryl/α,β-unsaturated/α-hetero) is 1. The molecule has 0 spiro atoms. The Balaban J connectivity index is 1.83. The fraction of sp³-hybridized carbons (Fsp3) is 0.0870. The van der Waals surface area contributed by atoms with Gasteiger partial charge in [0.2, 0.25) is 0 Å². The number of hydrogen-bond donors (Lipinski definition) is 1. The van der Waals surface area contributed by atoms with Gasteiger partial charge in [-0.3, -0.25) is 24.7 Å². The molecule has 1 aliphatic heterocycles. The second-order valence-electron chi connectivity index (χ2n) is 7.00. The molecule has 1 aliphatic rings. The van der Waals surface area contributed by atoms with Crippen molar-refractivity contribution >= 4 is 23.1 Å². The number of amides is 1. The van der Waals surface area contributed by atoms with E-state index in [-0.39, 0.29) is 29.1 Å². The van der Waals surface area contributed by atoms with Gasteiger partial charge in [0, 0.05) is 36.6 Å². The number of aliphatic hydroxyl groups is 1. The third-order valence-electron chi connectivity index (χ3n) is 5.08. The number of likely N-dealkylation sites (tertiary alicyclic amines) is 1. The van der Waals surface area contributed by atoms with Crippen LogP contribution in [0.4, 0.5) is 5.69 Å². The minimum Gasteiger partial charge on any atom is -0.507 e. The fourth-order valence-corrected chi connectivity index (χ4v) is 3.61. The van der Waals surface area contributed by atoms with E-state index in [1.165, 1.54) is 29.2 Å². The van der Waals surface area contributed by atoms with Gasteiger partial charge in [-0.15, -0.1) is 0 Å². The molecule has 2 aromatic carbocycles. The second kappa shape index (κ2) is 8.19. The molecule has 2 heterocycles. The van der Waals surface area contributed by atoms with E-state index >= 15 is 0 Å². The van der Waals surface area contributed by atoms with E-state index in [9.17, 15) is 24.8 Å². The summed E-state index contributed by atoms with van der Waals surface area (Å²) >= 11 is 0. The molecular weight excluding hydrogens is 398 g/mol. The van der Waals surface area contributed by atoms with Crippen LogP contribution in [0.15, 0.2) is 84.7 Å². The molecule has 1 fully saturated rings. The largest absolute Gasteiger partial charge is 0.507 e. The van der Waals surface area contributed by atoms with Gasteiger partial charge in [-0.1, -0.05) is 36.4 Å². The van der Waals surface area contributed by atoms with Gasteiger partial charge in [-0.25, -0.2) is 0 Å². The van der Waals surface area contributed by atoms with Crippen molar-refractivity contribution in [1.82, 2.24) is 9.88 Å². The summed E-state index contributed by atoms with van der Waals surface area (Å²) in [6.07, 6.45) is 3.22. The highest BCUT2D eigenvalue weighted by Gasteiger charge is 2.46. The first-order valence-electron chi connectivity index (χ1n) is 9.44. The van der Waals surface area contributed by atoms with Crippen molar-refractivity contribution in [2.75, 3.05) is 0 Å². The number of aliphatic hydroxyl groups excluding tert-OH is 1. The minimum atomic E-state index is -0.811. The zero-order valence-corrected chi connectivity index (χ0v) is 16.2. The molecule has 4 rings (SSSR count). The van der Waals surface area contributed by atoms with Crippen LogP contribution in [-0.2, 0) is 16.1 Å². The third-order valence-corrected chi connectivity index (χ3v) is 5.08. The van der Waals surface area contributed by atoms with Gasteiger partial charge in [0.05, 0.1) is 16.5 Å². The number of nitro groups is 1. The van der Waals surface area contributed by atoms with E-state index < -0.39 is 22.7 Å². The Morgan fingerprint density at radius 3 is 2.35 bits per heavy atom. The van der Waals surface area contributed by atoms with Crippen molar-refractivity contribution in [1.29, 1.82) is 0 Å². The number of hydrogen-bond acceptors (Lipinski definition) is 6. The number of non-ortho nitro benzene ring substituents is 1. The first-order valence-corrected chi connectivity index (χ1v) is 9.44. The lowest BCUT2D eigenvalue weighted by molar-refractivity contribution is -0.384. The predicted octanol–water partition coefficient (Wildman–Crippen LogP) is 3.61. The molecule has 0 aliphatic carbocycles. The molecule has 0 saturated carbocycles. The molecule has 8 heteroatoms. The van der Waals surface area contributed by atoms with Crippen molar-refractivity contribution in [3.8, 4) is 0 Å². The Labute approximate surface area is 177 Å². The Morgan fingerprint density at radius 2 is 1.74 bits per heavy atom. The highest BCUT2D eigenvalue weighted by atomic mass is 16.6. The maximum Gasteiger partial charge on any atom is 0.295 e. The minimum absolute atomic E-state index is 0.0612. The van der Waals surface area contributed by atoms with Gasteiger partial charge in [0.15, 0.2) is 0 Å². The number of pyridine rings is 1. The third kappa shape index (κ3) is 3.78. The van der Waals surface area contributed by atoms with E-state index in [0.717, 1.165) is 5.56 Å². The van der Waals surface area contributed by atoms with Crippen LogP contribution >= 0.6 is 0 Å². The monoisotopic (exact) mass is 415 g/mol. The molecule has 1 N–H and O–H groups in total. The number of nitrogens with zero attached hydrogens (tertiary/aromatic N) is 3. The summed E-state index contributed by atoms with van der Waals surface area (Å²) < 4.78 is 0. The summed E-state index contributed by atoms with van der Waals surface area (Å²) in [7, 11) is 0. The molecule has 154 valence electrons. The molecule has 1 saturated heterocycles. The Bertz CT molecular complexity index is 1170. The zero-order valence-electron chi connectivity index (χ0n) is 16.2. The Morgan fingerprint density at radius 1 is 1.03 bits per heavy atom. The fourth-order valence-electron chi connectivity index (χ4n) is 3.61. The smallest absolute Gasteiger partial charge is 0.295 e. The molecule has 1 amide bonds. The lowest BCUT2D eigenvalue weighted by atomic mass is 9.95. The highest BCUT2D eigenvalue weighted by Crippen LogP contribution is 2.40. The number of carbonyl (C=O) groups excluding carboxylic acids is 2. The van der Waals surface area contributed by atoms with Gasteiger partial charge >= 0.3 is 0 Å². The van der Waals surface area contributed by atoms with Crippen molar-refractivity contribution in [3.05, 3.63) is 112 Å². The average Bonchev–Trinajstić information content (AvgIpc) is 3.05. The van der Waals surface area contributed by atoms with E-state index in [0.29, 0.717) is 5.56 Å². The molecular formula is C23H17N3O5. The normalized spacial score (nSPS) is 17.7.